The summed E-state index contributed by atoms with van der Waals surface area (Å²) in [4.78, 5) is 16.2. The fourth-order valence-electron chi connectivity index (χ4n) is 13.8. The average molecular weight is 989 g/mol. The highest BCUT2D eigenvalue weighted by atomic mass is 15.0. The SMILES string of the molecule is [2H]C1(c2cc3c(cc2-c2ncc(C4([2H])CCCC4)c(-c4ccc5c(c4)-c4ccccc4-c4ccccc4-c4cc(-n6c7ccccc7c7ccccc76)ccc4-5)n2)-c2ccccc2-c2ccccc2-c2ncccc2-3)CCCC1. The molecule has 3 aromatic heterocycles. The van der Waals surface area contributed by atoms with E-state index in [0.717, 1.165) is 152 Å². The van der Waals surface area contributed by atoms with Gasteiger partial charge in [0.15, 0.2) is 5.82 Å². The Hall–Kier alpha value is -8.99. The molecule has 2 fully saturated rings. The molecule has 0 atom stereocenters. The van der Waals surface area contributed by atoms with Gasteiger partial charge in [0.25, 0.3) is 0 Å². The molecule has 2 saturated carbocycles. The van der Waals surface area contributed by atoms with Crippen LogP contribution in [-0.2, 0) is 0 Å². The van der Waals surface area contributed by atoms with Crippen molar-refractivity contribution in [3.8, 4) is 117 Å². The lowest BCUT2D eigenvalue weighted by Crippen LogP contribution is -2.06. The number of aromatic nitrogens is 4. The molecule has 0 saturated heterocycles. The first kappa shape index (κ1) is 42.3. The minimum absolute atomic E-state index is 0.590. The lowest BCUT2D eigenvalue weighted by Gasteiger charge is -2.26. The fraction of sp³-hybridized carbons (Fsp3) is 0.137. The van der Waals surface area contributed by atoms with E-state index in [9.17, 15) is 2.74 Å². The van der Waals surface area contributed by atoms with Gasteiger partial charge in [0.05, 0.1) is 22.4 Å². The van der Waals surface area contributed by atoms with Gasteiger partial charge in [-0.05, 0) is 169 Å². The smallest absolute Gasteiger partial charge is 0.160 e. The zero-order chi connectivity index (χ0) is 52.4. The fourth-order valence-corrected chi connectivity index (χ4v) is 13.8. The van der Waals surface area contributed by atoms with Crippen molar-refractivity contribution in [1.82, 2.24) is 19.5 Å². The molecule has 77 heavy (non-hydrogen) atoms. The summed E-state index contributed by atoms with van der Waals surface area (Å²) in [6.45, 7) is 0. The van der Waals surface area contributed by atoms with Crippen LogP contribution in [0.3, 0.4) is 0 Å². The van der Waals surface area contributed by atoms with E-state index < -0.39 is 11.8 Å². The van der Waals surface area contributed by atoms with Gasteiger partial charge in [-0.3, -0.25) is 4.98 Å². The second kappa shape index (κ2) is 17.8. The number of nitrogens with zero attached hydrogens (tertiary/aromatic N) is 4. The van der Waals surface area contributed by atoms with Crippen molar-refractivity contribution in [2.75, 3.05) is 0 Å². The van der Waals surface area contributed by atoms with Crippen LogP contribution in [0.5, 0.6) is 0 Å². The molecule has 4 aliphatic rings. The first-order chi connectivity index (χ1) is 38.9. The number of para-hydroxylation sites is 2. The van der Waals surface area contributed by atoms with Crippen molar-refractivity contribution in [1.29, 1.82) is 0 Å². The predicted molar refractivity (Wildman–Crippen MR) is 318 cm³/mol. The molecule has 9 aromatic carbocycles. The minimum Gasteiger partial charge on any atom is -0.309 e. The van der Waals surface area contributed by atoms with Crippen molar-refractivity contribution in [3.63, 3.8) is 0 Å². The van der Waals surface area contributed by atoms with E-state index in [1.165, 1.54) is 44.1 Å². The van der Waals surface area contributed by atoms with Crippen LogP contribution >= 0.6 is 0 Å². The molecule has 12 aromatic rings. The molecule has 0 unspecified atom stereocenters. The second-order valence-electron chi connectivity index (χ2n) is 21.5. The molecular formula is C73H54N4. The van der Waals surface area contributed by atoms with Crippen molar-refractivity contribution < 1.29 is 2.74 Å². The molecule has 0 aliphatic heterocycles. The van der Waals surface area contributed by atoms with Gasteiger partial charge in [0.1, 0.15) is 0 Å². The number of rotatable bonds is 5. The molecule has 366 valence electrons. The number of benzene rings is 9. The summed E-state index contributed by atoms with van der Waals surface area (Å²) in [7, 11) is 0. The van der Waals surface area contributed by atoms with E-state index in [0.29, 0.717) is 5.82 Å². The molecule has 3 heterocycles. The highest BCUT2D eigenvalue weighted by Gasteiger charge is 2.31. The Morgan fingerprint density at radius 3 is 1.42 bits per heavy atom. The Bertz CT molecular complexity index is 4440. The van der Waals surface area contributed by atoms with Crippen LogP contribution in [-0.4, -0.2) is 19.5 Å². The zero-order valence-electron chi connectivity index (χ0n) is 44.7. The van der Waals surface area contributed by atoms with E-state index in [4.69, 9.17) is 15.0 Å². The Morgan fingerprint density at radius 2 is 0.805 bits per heavy atom. The summed E-state index contributed by atoms with van der Waals surface area (Å²) in [5.41, 5.74) is 25.8. The maximum Gasteiger partial charge on any atom is 0.160 e. The first-order valence-electron chi connectivity index (χ1n) is 28.6. The normalized spacial score (nSPS) is 15.7. The van der Waals surface area contributed by atoms with Gasteiger partial charge in [-0.15, -0.1) is 0 Å². The molecule has 0 amide bonds. The van der Waals surface area contributed by atoms with Crippen LogP contribution in [0.4, 0.5) is 0 Å². The zero-order valence-corrected chi connectivity index (χ0v) is 42.7. The Morgan fingerprint density at radius 1 is 0.351 bits per heavy atom. The van der Waals surface area contributed by atoms with E-state index in [-0.39, 0.29) is 0 Å². The van der Waals surface area contributed by atoms with Gasteiger partial charge >= 0.3 is 0 Å². The quantitative estimate of drug-likeness (QED) is 0.173. The maximum atomic E-state index is 10.3. The van der Waals surface area contributed by atoms with Crippen LogP contribution in [0.15, 0.2) is 219 Å². The summed E-state index contributed by atoms with van der Waals surface area (Å²) < 4.78 is 22.9. The van der Waals surface area contributed by atoms with Gasteiger partial charge in [-0.2, -0.15) is 0 Å². The molecular weight excluding hydrogens is 933 g/mol. The van der Waals surface area contributed by atoms with Gasteiger partial charge in [0.2, 0.25) is 0 Å². The molecule has 4 nitrogen and oxygen atoms in total. The van der Waals surface area contributed by atoms with Crippen LogP contribution in [0.25, 0.3) is 139 Å². The maximum absolute atomic E-state index is 10.3. The molecule has 0 spiro atoms. The Labute approximate surface area is 452 Å². The molecule has 0 bridgehead atoms. The summed E-state index contributed by atoms with van der Waals surface area (Å²) in [6.07, 6.45) is 10.9. The Balaban J connectivity index is 0.932. The Kier molecular flexibility index (Phi) is 9.78. The number of fused-ring (bicyclic) bond motifs is 19. The standard InChI is InChI=1S/C73H54N4/c1-2-19-45(18-1)62-42-66-61-32-17-39-74-72(61)60-31-12-11-25-52(60)51-24-7-10-28-55(51)65(66)43-67(62)73-75-44-68(46-20-3-4-21-46)71(76-73)47-35-37-56-57-38-36-48(77-69-33-15-13-29-58(69)59-30-14-16-34-70(59)77)41-64(57)54-27-9-6-23-50(54)49-22-5-8-26-53(49)63(56)40-47/h5-17,22-46H,1-4,18-21H2/i45D,46D. The minimum atomic E-state index is -0.842. The third kappa shape index (κ3) is 7.01. The topological polar surface area (TPSA) is 43.6 Å². The third-order valence-electron chi connectivity index (χ3n) is 17.3. The van der Waals surface area contributed by atoms with Crippen LogP contribution in [0.1, 0.15) is 77.0 Å². The third-order valence-corrected chi connectivity index (χ3v) is 17.3. The largest absolute Gasteiger partial charge is 0.309 e. The van der Waals surface area contributed by atoms with E-state index in [2.05, 4.69) is 205 Å². The van der Waals surface area contributed by atoms with Gasteiger partial charge in [-0.25, -0.2) is 9.97 Å². The highest BCUT2D eigenvalue weighted by Crippen LogP contribution is 2.53. The number of pyridine rings is 1. The van der Waals surface area contributed by atoms with Crippen molar-refractivity contribution in [3.05, 3.63) is 230 Å². The highest BCUT2D eigenvalue weighted by molar-refractivity contribution is 6.10. The van der Waals surface area contributed by atoms with Crippen LogP contribution in [0, 0.1) is 0 Å². The lowest BCUT2D eigenvalue weighted by molar-refractivity contribution is 0.715. The average Bonchev–Trinajstić information content (AvgIpc) is 4.41. The molecule has 0 N–H and O–H groups in total. The summed E-state index contributed by atoms with van der Waals surface area (Å²) in [5, 5.41) is 2.48. The molecule has 0 radical (unpaired) electrons. The van der Waals surface area contributed by atoms with Gasteiger partial charge in [0, 0.05) is 53.8 Å². The lowest BCUT2D eigenvalue weighted by atomic mass is 9.79. The van der Waals surface area contributed by atoms with Crippen LogP contribution < -0.4 is 0 Å². The van der Waals surface area contributed by atoms with E-state index in [1.54, 1.807) is 0 Å². The van der Waals surface area contributed by atoms with Crippen LogP contribution in [0.2, 0.25) is 0 Å². The van der Waals surface area contributed by atoms with E-state index >= 15 is 0 Å². The second-order valence-corrected chi connectivity index (χ2v) is 21.5. The van der Waals surface area contributed by atoms with Gasteiger partial charge < -0.3 is 4.57 Å². The van der Waals surface area contributed by atoms with Gasteiger partial charge in [-0.1, -0.05) is 183 Å². The van der Waals surface area contributed by atoms with Crippen molar-refractivity contribution in [2.45, 2.75) is 63.2 Å². The number of hydrogen-bond acceptors (Lipinski definition) is 3. The number of hydrogen-bond donors (Lipinski definition) is 0. The van der Waals surface area contributed by atoms with Crippen molar-refractivity contribution in [2.24, 2.45) is 0 Å². The summed E-state index contributed by atoms with van der Waals surface area (Å²) in [6, 6.07) is 75.3. The summed E-state index contributed by atoms with van der Waals surface area (Å²) in [5.74, 6) is -1.09. The monoisotopic (exact) mass is 988 g/mol. The van der Waals surface area contributed by atoms with Crippen molar-refractivity contribution >= 4 is 21.8 Å². The molecule has 4 heteroatoms. The van der Waals surface area contributed by atoms with E-state index in [1.807, 2.05) is 18.5 Å². The summed E-state index contributed by atoms with van der Waals surface area (Å²) >= 11 is 0. The first-order valence-corrected chi connectivity index (χ1v) is 27.6. The molecule has 16 rings (SSSR count). The molecule has 4 aliphatic carbocycles. The predicted octanol–water partition coefficient (Wildman–Crippen LogP) is 19.6.